The van der Waals surface area contributed by atoms with Crippen molar-refractivity contribution in [3.05, 3.63) is 40.9 Å². The molecule has 24 heavy (non-hydrogen) atoms. The van der Waals surface area contributed by atoms with Crippen molar-refractivity contribution in [1.82, 2.24) is 9.78 Å². The SMILES string of the molecule is Cc1nn(C)c2sc(C(=O)N3CCC(C)Sc4ccccc43)cc12. The number of carbonyl (C=O) groups excluding carboxylic acids is 1. The molecule has 1 aliphatic heterocycles. The van der Waals surface area contributed by atoms with Crippen LogP contribution in [0.1, 0.15) is 28.7 Å². The standard InChI is InChI=1S/C18H19N3OS2/c1-11-8-9-21(14-6-4-5-7-15(14)23-11)17(22)16-10-13-12(2)19-20(3)18(13)24-16/h4-7,10-11H,8-9H2,1-3H3. The Morgan fingerprint density at radius 2 is 2.12 bits per heavy atom. The lowest BCUT2D eigenvalue weighted by Gasteiger charge is -2.21. The average Bonchev–Trinajstić information content (AvgIpc) is 3.05. The van der Waals surface area contributed by atoms with E-state index in [1.807, 2.05) is 53.5 Å². The fourth-order valence-electron chi connectivity index (χ4n) is 3.14. The summed E-state index contributed by atoms with van der Waals surface area (Å²) in [6.45, 7) is 4.97. The molecule has 3 heterocycles. The summed E-state index contributed by atoms with van der Waals surface area (Å²) in [5, 5.41) is 6.02. The lowest BCUT2D eigenvalue weighted by Crippen LogP contribution is -2.31. The molecule has 1 unspecified atom stereocenters. The number of fused-ring (bicyclic) bond motifs is 2. The Morgan fingerprint density at radius 3 is 2.92 bits per heavy atom. The van der Waals surface area contributed by atoms with Crippen LogP contribution in [0.3, 0.4) is 0 Å². The molecule has 1 aliphatic rings. The second-order valence-corrected chi connectivity index (χ2v) is 8.69. The van der Waals surface area contributed by atoms with Crippen molar-refractivity contribution >= 4 is 44.9 Å². The van der Waals surface area contributed by atoms with Crippen molar-refractivity contribution in [1.29, 1.82) is 0 Å². The second-order valence-electron chi connectivity index (χ2n) is 6.18. The number of hydrogen-bond donors (Lipinski definition) is 0. The van der Waals surface area contributed by atoms with E-state index in [2.05, 4.69) is 24.2 Å². The van der Waals surface area contributed by atoms with Crippen LogP contribution in [-0.2, 0) is 7.05 Å². The van der Waals surface area contributed by atoms with E-state index in [0.717, 1.165) is 39.4 Å². The monoisotopic (exact) mass is 357 g/mol. The summed E-state index contributed by atoms with van der Waals surface area (Å²) < 4.78 is 1.86. The molecule has 3 aromatic rings. The van der Waals surface area contributed by atoms with Gasteiger partial charge in [-0.2, -0.15) is 5.10 Å². The van der Waals surface area contributed by atoms with Gasteiger partial charge >= 0.3 is 0 Å². The lowest BCUT2D eigenvalue weighted by molar-refractivity contribution is 0.0990. The van der Waals surface area contributed by atoms with Gasteiger partial charge in [-0.1, -0.05) is 19.1 Å². The summed E-state index contributed by atoms with van der Waals surface area (Å²) >= 11 is 3.39. The van der Waals surface area contributed by atoms with Crippen molar-refractivity contribution in [2.75, 3.05) is 11.4 Å². The Balaban J connectivity index is 1.76. The zero-order chi connectivity index (χ0) is 16.8. The molecule has 4 rings (SSSR count). The second kappa shape index (κ2) is 5.93. The number of rotatable bonds is 1. The molecule has 1 atom stereocenters. The van der Waals surface area contributed by atoms with Gasteiger partial charge in [-0.05, 0) is 31.5 Å². The van der Waals surface area contributed by atoms with Crippen LogP contribution in [0.15, 0.2) is 35.2 Å². The van der Waals surface area contributed by atoms with Gasteiger partial charge in [0.25, 0.3) is 5.91 Å². The van der Waals surface area contributed by atoms with E-state index in [4.69, 9.17) is 0 Å². The van der Waals surface area contributed by atoms with Crippen molar-refractivity contribution < 1.29 is 4.79 Å². The summed E-state index contributed by atoms with van der Waals surface area (Å²) in [5.41, 5.74) is 2.01. The highest BCUT2D eigenvalue weighted by Gasteiger charge is 2.26. The number of para-hydroxylation sites is 1. The van der Waals surface area contributed by atoms with E-state index in [-0.39, 0.29) is 5.91 Å². The summed E-state index contributed by atoms with van der Waals surface area (Å²) in [6, 6.07) is 10.2. The fraction of sp³-hybridized carbons (Fsp3) is 0.333. The minimum Gasteiger partial charge on any atom is -0.306 e. The van der Waals surface area contributed by atoms with Crippen molar-refractivity contribution in [3.8, 4) is 0 Å². The number of anilines is 1. The van der Waals surface area contributed by atoms with Crippen LogP contribution in [0.25, 0.3) is 10.2 Å². The Labute approximate surface area is 149 Å². The van der Waals surface area contributed by atoms with E-state index in [9.17, 15) is 4.79 Å². The van der Waals surface area contributed by atoms with Gasteiger partial charge in [0.2, 0.25) is 0 Å². The van der Waals surface area contributed by atoms with E-state index >= 15 is 0 Å². The number of hydrogen-bond acceptors (Lipinski definition) is 4. The summed E-state index contributed by atoms with van der Waals surface area (Å²) in [5.74, 6) is 0.0951. The first-order chi connectivity index (χ1) is 11.5. The van der Waals surface area contributed by atoms with Gasteiger partial charge in [-0.15, -0.1) is 23.1 Å². The molecule has 0 saturated carbocycles. The van der Waals surface area contributed by atoms with Crippen LogP contribution in [0, 0.1) is 6.92 Å². The largest absolute Gasteiger partial charge is 0.306 e. The van der Waals surface area contributed by atoms with Crippen molar-refractivity contribution in [3.63, 3.8) is 0 Å². The van der Waals surface area contributed by atoms with Crippen molar-refractivity contribution in [2.45, 2.75) is 30.4 Å². The molecule has 2 aromatic heterocycles. The number of amides is 1. The third kappa shape index (κ3) is 2.54. The molecular weight excluding hydrogens is 338 g/mol. The van der Waals surface area contributed by atoms with Crippen LogP contribution in [0.5, 0.6) is 0 Å². The zero-order valence-corrected chi connectivity index (χ0v) is 15.6. The molecule has 1 aromatic carbocycles. The third-order valence-electron chi connectivity index (χ3n) is 4.40. The fourth-order valence-corrected chi connectivity index (χ4v) is 5.33. The Morgan fingerprint density at radius 1 is 1.33 bits per heavy atom. The van der Waals surface area contributed by atoms with Crippen molar-refractivity contribution in [2.24, 2.45) is 7.05 Å². The van der Waals surface area contributed by atoms with Gasteiger partial charge < -0.3 is 4.90 Å². The molecule has 6 heteroatoms. The van der Waals surface area contributed by atoms with Gasteiger partial charge in [0.1, 0.15) is 4.83 Å². The summed E-state index contributed by atoms with van der Waals surface area (Å²) in [6.07, 6.45) is 0.997. The molecule has 0 spiro atoms. The maximum absolute atomic E-state index is 13.2. The molecule has 0 radical (unpaired) electrons. The molecule has 1 amide bonds. The molecule has 124 valence electrons. The van der Waals surface area contributed by atoms with E-state index in [1.165, 1.54) is 16.2 Å². The number of carbonyl (C=O) groups is 1. The number of aryl methyl sites for hydroxylation is 2. The van der Waals surface area contributed by atoms with Crippen LogP contribution in [0.4, 0.5) is 5.69 Å². The van der Waals surface area contributed by atoms with Gasteiger partial charge in [0, 0.05) is 29.1 Å². The normalized spacial score (nSPS) is 17.8. The first-order valence-electron chi connectivity index (χ1n) is 8.05. The molecule has 0 aliphatic carbocycles. The highest BCUT2D eigenvalue weighted by atomic mass is 32.2. The summed E-state index contributed by atoms with van der Waals surface area (Å²) in [4.78, 5) is 18.2. The quantitative estimate of drug-likeness (QED) is 0.645. The Hall–Kier alpha value is -1.79. The molecule has 0 fully saturated rings. The van der Waals surface area contributed by atoms with Gasteiger partial charge in [0.05, 0.1) is 16.3 Å². The highest BCUT2D eigenvalue weighted by Crippen LogP contribution is 2.38. The van der Waals surface area contributed by atoms with Gasteiger partial charge in [-0.3, -0.25) is 9.48 Å². The Bertz CT molecular complexity index is 893. The topological polar surface area (TPSA) is 38.1 Å². The van der Waals surface area contributed by atoms with Crippen LogP contribution >= 0.6 is 23.1 Å². The maximum Gasteiger partial charge on any atom is 0.268 e. The third-order valence-corrected chi connectivity index (χ3v) is 6.82. The minimum atomic E-state index is 0.0951. The highest BCUT2D eigenvalue weighted by molar-refractivity contribution is 8.00. The van der Waals surface area contributed by atoms with Gasteiger partial charge in [-0.25, -0.2) is 0 Å². The van der Waals surface area contributed by atoms with Crippen LogP contribution in [0.2, 0.25) is 0 Å². The van der Waals surface area contributed by atoms with E-state index in [1.54, 1.807) is 0 Å². The lowest BCUT2D eigenvalue weighted by atomic mass is 10.2. The predicted octanol–water partition coefficient (Wildman–Crippen LogP) is 4.47. The average molecular weight is 358 g/mol. The van der Waals surface area contributed by atoms with Gasteiger partial charge in [0.15, 0.2) is 0 Å². The number of thioether (sulfide) groups is 1. The zero-order valence-electron chi connectivity index (χ0n) is 13.9. The maximum atomic E-state index is 13.2. The number of nitrogens with zero attached hydrogens (tertiary/aromatic N) is 3. The number of benzene rings is 1. The van der Waals surface area contributed by atoms with Crippen LogP contribution < -0.4 is 4.90 Å². The first-order valence-corrected chi connectivity index (χ1v) is 9.75. The predicted molar refractivity (Wildman–Crippen MR) is 101 cm³/mol. The Kier molecular flexibility index (Phi) is 3.89. The molecule has 4 nitrogen and oxygen atoms in total. The minimum absolute atomic E-state index is 0.0951. The molecular formula is C18H19N3OS2. The van der Waals surface area contributed by atoms with Crippen LogP contribution in [-0.4, -0.2) is 27.5 Å². The first kappa shape index (κ1) is 15.7. The molecule has 0 bridgehead atoms. The molecule has 0 saturated heterocycles. The van der Waals surface area contributed by atoms with E-state index < -0.39 is 0 Å². The number of thiophene rings is 1. The molecule has 0 N–H and O–H groups in total. The van der Waals surface area contributed by atoms with E-state index in [0.29, 0.717) is 5.25 Å². The summed E-state index contributed by atoms with van der Waals surface area (Å²) in [7, 11) is 1.93. The smallest absolute Gasteiger partial charge is 0.268 e. The number of aromatic nitrogens is 2.